The molecular formula is C23H24ClNO4. The molecule has 0 aliphatic carbocycles. The molecule has 0 fully saturated rings. The predicted molar refractivity (Wildman–Crippen MR) is 116 cm³/mol. The van der Waals surface area contributed by atoms with Crippen molar-refractivity contribution in [3.05, 3.63) is 59.3 Å². The first kappa shape index (κ1) is 21.0. The van der Waals surface area contributed by atoms with Gasteiger partial charge in [0.1, 0.15) is 11.3 Å². The Morgan fingerprint density at radius 1 is 1.24 bits per heavy atom. The van der Waals surface area contributed by atoms with Crippen molar-refractivity contribution in [2.24, 2.45) is 0 Å². The van der Waals surface area contributed by atoms with Crippen molar-refractivity contribution < 1.29 is 18.7 Å². The molecular weight excluding hydrogens is 390 g/mol. The number of carbonyl (C=O) groups is 1. The third kappa shape index (κ3) is 4.81. The summed E-state index contributed by atoms with van der Waals surface area (Å²) < 4.78 is 16.3. The Labute approximate surface area is 175 Å². The van der Waals surface area contributed by atoms with Gasteiger partial charge in [-0.1, -0.05) is 23.7 Å². The second-order valence-electron chi connectivity index (χ2n) is 6.90. The van der Waals surface area contributed by atoms with Gasteiger partial charge in [-0.15, -0.1) is 0 Å². The highest BCUT2D eigenvalue weighted by atomic mass is 35.5. The van der Waals surface area contributed by atoms with E-state index in [1.54, 1.807) is 26.6 Å². The van der Waals surface area contributed by atoms with Gasteiger partial charge >= 0.3 is 0 Å². The lowest BCUT2D eigenvalue weighted by molar-refractivity contribution is -0.117. The van der Waals surface area contributed by atoms with Crippen LogP contribution in [0.25, 0.3) is 27.7 Å². The number of hydrogen-bond acceptors (Lipinski definition) is 4. The predicted octanol–water partition coefficient (Wildman–Crippen LogP) is 5.32. The van der Waals surface area contributed by atoms with E-state index < -0.39 is 0 Å². The Bertz CT molecular complexity index is 1040. The molecule has 1 atom stereocenters. The molecule has 1 amide bonds. The number of methoxy groups -OCH3 is 2. The van der Waals surface area contributed by atoms with E-state index in [0.717, 1.165) is 27.6 Å². The van der Waals surface area contributed by atoms with E-state index in [0.29, 0.717) is 23.0 Å². The molecule has 0 aliphatic rings. The van der Waals surface area contributed by atoms with Gasteiger partial charge in [0, 0.05) is 46.8 Å². The van der Waals surface area contributed by atoms with Crippen LogP contribution < -0.4 is 10.1 Å². The Kier molecular flexibility index (Phi) is 6.62. The number of hydrogen-bond donors (Lipinski definition) is 1. The minimum atomic E-state index is -0.181. The maximum absolute atomic E-state index is 12.3. The SMILES string of the molecule is COCC(C)NC(=O)/C=C(\C)c1cc2c(-c3ccc(Cl)cc3)coc2cc1OC. The van der Waals surface area contributed by atoms with E-state index in [2.05, 4.69) is 5.32 Å². The van der Waals surface area contributed by atoms with Crippen molar-refractivity contribution in [3.63, 3.8) is 0 Å². The van der Waals surface area contributed by atoms with Crippen LogP contribution in [0, 0.1) is 0 Å². The summed E-state index contributed by atoms with van der Waals surface area (Å²) in [5, 5.41) is 4.49. The summed E-state index contributed by atoms with van der Waals surface area (Å²) in [5.74, 6) is 0.459. The Morgan fingerprint density at radius 2 is 1.97 bits per heavy atom. The van der Waals surface area contributed by atoms with Crippen LogP contribution in [0.5, 0.6) is 5.75 Å². The van der Waals surface area contributed by atoms with Gasteiger partial charge in [-0.25, -0.2) is 0 Å². The van der Waals surface area contributed by atoms with Crippen LogP contribution in [0.3, 0.4) is 0 Å². The van der Waals surface area contributed by atoms with Gasteiger partial charge in [-0.05, 0) is 43.2 Å². The normalized spacial score (nSPS) is 12.8. The quantitative estimate of drug-likeness (QED) is 0.533. The number of amides is 1. The molecule has 0 spiro atoms. The van der Waals surface area contributed by atoms with E-state index >= 15 is 0 Å². The zero-order chi connectivity index (χ0) is 21.0. The lowest BCUT2D eigenvalue weighted by Crippen LogP contribution is -2.34. The average Bonchev–Trinajstić information content (AvgIpc) is 3.10. The summed E-state index contributed by atoms with van der Waals surface area (Å²) in [5.41, 5.74) is 4.27. The topological polar surface area (TPSA) is 60.7 Å². The molecule has 5 nitrogen and oxygen atoms in total. The van der Waals surface area contributed by atoms with Gasteiger partial charge in [-0.2, -0.15) is 0 Å². The summed E-state index contributed by atoms with van der Waals surface area (Å²) in [6, 6.07) is 11.3. The molecule has 0 saturated heterocycles. The first-order chi connectivity index (χ1) is 13.9. The molecule has 0 bridgehead atoms. The monoisotopic (exact) mass is 413 g/mol. The van der Waals surface area contributed by atoms with E-state index in [4.69, 9.17) is 25.5 Å². The minimum Gasteiger partial charge on any atom is -0.496 e. The van der Waals surface area contributed by atoms with Gasteiger partial charge < -0.3 is 19.2 Å². The largest absolute Gasteiger partial charge is 0.496 e. The molecule has 1 unspecified atom stereocenters. The number of ether oxygens (including phenoxy) is 2. The lowest BCUT2D eigenvalue weighted by Gasteiger charge is -2.13. The number of allylic oxidation sites excluding steroid dienone is 1. The molecule has 3 rings (SSSR count). The smallest absolute Gasteiger partial charge is 0.244 e. The maximum atomic E-state index is 12.3. The summed E-state index contributed by atoms with van der Waals surface area (Å²) >= 11 is 6.01. The van der Waals surface area contributed by atoms with Crippen LogP contribution in [0.1, 0.15) is 19.4 Å². The number of benzene rings is 2. The lowest BCUT2D eigenvalue weighted by atomic mass is 9.99. The Balaban J connectivity index is 2.00. The van der Waals surface area contributed by atoms with Crippen LogP contribution in [-0.4, -0.2) is 32.8 Å². The van der Waals surface area contributed by atoms with Crippen molar-refractivity contribution >= 4 is 34.1 Å². The fraction of sp³-hybridized carbons (Fsp3) is 0.261. The standard InChI is InChI=1S/C23H24ClNO4/c1-14(9-23(26)25-15(2)12-27-3)18-10-19-20(16-5-7-17(24)8-6-16)13-29-22(19)11-21(18)28-4/h5-11,13,15H,12H2,1-4H3,(H,25,26)/b14-9+. The third-order valence-corrected chi connectivity index (χ3v) is 4.88. The first-order valence-electron chi connectivity index (χ1n) is 9.26. The Hall–Kier alpha value is -2.76. The van der Waals surface area contributed by atoms with E-state index in [-0.39, 0.29) is 11.9 Å². The van der Waals surface area contributed by atoms with E-state index in [9.17, 15) is 4.79 Å². The average molecular weight is 414 g/mol. The minimum absolute atomic E-state index is 0.0775. The molecule has 1 N–H and O–H groups in total. The molecule has 0 aliphatic heterocycles. The number of furan rings is 1. The number of halogens is 1. The highest BCUT2D eigenvalue weighted by Crippen LogP contribution is 2.37. The van der Waals surface area contributed by atoms with Gasteiger partial charge in [0.05, 0.1) is 20.0 Å². The van der Waals surface area contributed by atoms with Crippen molar-refractivity contribution in [2.75, 3.05) is 20.8 Å². The summed E-state index contributed by atoms with van der Waals surface area (Å²) in [6.07, 6.45) is 3.28. The second kappa shape index (κ2) is 9.16. The number of rotatable bonds is 7. The molecule has 6 heteroatoms. The second-order valence-corrected chi connectivity index (χ2v) is 7.33. The van der Waals surface area contributed by atoms with Crippen molar-refractivity contribution in [2.45, 2.75) is 19.9 Å². The zero-order valence-corrected chi connectivity index (χ0v) is 17.7. The van der Waals surface area contributed by atoms with Gasteiger partial charge in [0.25, 0.3) is 0 Å². The van der Waals surface area contributed by atoms with E-state index in [1.165, 1.54) is 0 Å². The summed E-state index contributed by atoms with van der Waals surface area (Å²) in [6.45, 7) is 4.22. The highest BCUT2D eigenvalue weighted by molar-refractivity contribution is 6.30. The highest BCUT2D eigenvalue weighted by Gasteiger charge is 2.15. The van der Waals surface area contributed by atoms with Crippen LogP contribution in [0.15, 0.2) is 53.2 Å². The molecule has 0 saturated carbocycles. The summed E-state index contributed by atoms with van der Waals surface area (Å²) in [7, 11) is 3.20. The van der Waals surface area contributed by atoms with Gasteiger partial charge in [0.2, 0.25) is 5.91 Å². The number of fused-ring (bicyclic) bond motifs is 1. The molecule has 3 aromatic rings. The van der Waals surface area contributed by atoms with Crippen LogP contribution in [0.4, 0.5) is 0 Å². The Morgan fingerprint density at radius 3 is 2.62 bits per heavy atom. The molecule has 2 aromatic carbocycles. The fourth-order valence-electron chi connectivity index (χ4n) is 3.24. The van der Waals surface area contributed by atoms with Gasteiger partial charge in [0.15, 0.2) is 0 Å². The fourth-order valence-corrected chi connectivity index (χ4v) is 3.36. The van der Waals surface area contributed by atoms with Gasteiger partial charge in [-0.3, -0.25) is 4.79 Å². The molecule has 1 aromatic heterocycles. The van der Waals surface area contributed by atoms with Crippen molar-refractivity contribution in [1.29, 1.82) is 0 Å². The number of carbonyl (C=O) groups excluding carboxylic acids is 1. The molecule has 1 heterocycles. The molecule has 0 radical (unpaired) electrons. The maximum Gasteiger partial charge on any atom is 0.244 e. The van der Waals surface area contributed by atoms with Crippen LogP contribution in [-0.2, 0) is 9.53 Å². The summed E-state index contributed by atoms with van der Waals surface area (Å²) in [4.78, 5) is 12.3. The first-order valence-corrected chi connectivity index (χ1v) is 9.64. The van der Waals surface area contributed by atoms with Crippen LogP contribution >= 0.6 is 11.6 Å². The van der Waals surface area contributed by atoms with Crippen molar-refractivity contribution in [3.8, 4) is 16.9 Å². The van der Waals surface area contributed by atoms with Crippen molar-refractivity contribution in [1.82, 2.24) is 5.32 Å². The molecule has 152 valence electrons. The number of nitrogens with one attached hydrogen (secondary N) is 1. The third-order valence-electron chi connectivity index (χ3n) is 4.63. The zero-order valence-electron chi connectivity index (χ0n) is 16.9. The van der Waals surface area contributed by atoms with E-state index in [1.807, 2.05) is 50.2 Å². The molecule has 29 heavy (non-hydrogen) atoms. The van der Waals surface area contributed by atoms with Crippen LogP contribution in [0.2, 0.25) is 5.02 Å².